The quantitative estimate of drug-likeness (QED) is 0.791. The number of ether oxygens (including phenoxy) is 1. The summed E-state index contributed by atoms with van der Waals surface area (Å²) in [5.41, 5.74) is 0.293. The van der Waals surface area contributed by atoms with E-state index in [-0.39, 0.29) is 30.2 Å². The predicted octanol–water partition coefficient (Wildman–Crippen LogP) is 1.30. The van der Waals surface area contributed by atoms with E-state index in [2.05, 4.69) is 5.32 Å². The minimum atomic E-state index is -0.818. The van der Waals surface area contributed by atoms with Crippen LogP contribution in [0.25, 0.3) is 0 Å². The average molecular weight is 227 g/mol. The van der Waals surface area contributed by atoms with Crippen molar-refractivity contribution in [1.29, 1.82) is 0 Å². The van der Waals surface area contributed by atoms with Crippen LogP contribution in [-0.2, 0) is 6.42 Å². The van der Waals surface area contributed by atoms with E-state index in [1.165, 1.54) is 0 Å². The summed E-state index contributed by atoms with van der Waals surface area (Å²) in [7, 11) is 1.59. The van der Waals surface area contributed by atoms with E-state index in [0.29, 0.717) is 18.1 Å². The number of fused-ring (bicyclic) bond motifs is 1. The van der Waals surface area contributed by atoms with Gasteiger partial charge in [-0.05, 0) is 7.05 Å². The van der Waals surface area contributed by atoms with Gasteiger partial charge in [-0.3, -0.25) is 4.79 Å². The van der Waals surface area contributed by atoms with Crippen LogP contribution in [0.4, 0.5) is 8.78 Å². The van der Waals surface area contributed by atoms with Crippen molar-refractivity contribution in [3.8, 4) is 5.75 Å². The first-order valence-corrected chi connectivity index (χ1v) is 4.96. The second-order valence-electron chi connectivity index (χ2n) is 3.57. The number of carbonyl (C=O) groups excluding carboxylic acids is 1. The van der Waals surface area contributed by atoms with Crippen LogP contribution in [0.1, 0.15) is 15.9 Å². The van der Waals surface area contributed by atoms with Crippen molar-refractivity contribution in [2.24, 2.45) is 0 Å². The largest absolute Gasteiger partial charge is 0.490 e. The van der Waals surface area contributed by atoms with Gasteiger partial charge in [-0.15, -0.1) is 0 Å². The van der Waals surface area contributed by atoms with Gasteiger partial charge in [0.25, 0.3) is 0 Å². The average Bonchev–Trinajstić information content (AvgIpc) is 2.66. The van der Waals surface area contributed by atoms with Gasteiger partial charge in [0.05, 0.1) is 18.7 Å². The number of likely N-dealkylation sites (N-methyl/N-ethyl adjacent to an activating group) is 1. The molecule has 86 valence electrons. The molecule has 0 saturated carbocycles. The summed E-state index contributed by atoms with van der Waals surface area (Å²) in [5, 5.41) is 2.65. The molecule has 0 radical (unpaired) electrons. The molecule has 1 heterocycles. The summed E-state index contributed by atoms with van der Waals surface area (Å²) >= 11 is 0. The number of ketones is 1. The van der Waals surface area contributed by atoms with Crippen LogP contribution in [0.2, 0.25) is 0 Å². The van der Waals surface area contributed by atoms with E-state index in [4.69, 9.17) is 4.74 Å². The summed E-state index contributed by atoms with van der Waals surface area (Å²) in [4.78, 5) is 11.7. The molecule has 0 fully saturated rings. The molecule has 0 atom stereocenters. The van der Waals surface area contributed by atoms with Crippen LogP contribution in [0.3, 0.4) is 0 Å². The fourth-order valence-corrected chi connectivity index (χ4v) is 1.85. The van der Waals surface area contributed by atoms with E-state index in [1.807, 2.05) is 0 Å². The Morgan fingerprint density at radius 1 is 1.50 bits per heavy atom. The third-order valence-electron chi connectivity index (χ3n) is 2.50. The number of rotatable bonds is 3. The molecule has 0 aliphatic carbocycles. The number of nitrogens with one attached hydrogen (secondary N) is 1. The van der Waals surface area contributed by atoms with Crippen LogP contribution >= 0.6 is 0 Å². The van der Waals surface area contributed by atoms with Crippen LogP contribution in [0.5, 0.6) is 5.75 Å². The molecule has 0 spiro atoms. The molecule has 1 N–H and O–H groups in total. The zero-order valence-corrected chi connectivity index (χ0v) is 8.77. The van der Waals surface area contributed by atoms with Crippen LogP contribution in [0, 0.1) is 11.6 Å². The molecule has 1 aliphatic rings. The molecule has 1 aliphatic heterocycles. The molecule has 2 rings (SSSR count). The smallest absolute Gasteiger partial charge is 0.179 e. The number of Topliss-reactive ketones (excluding diaryl/α,β-unsaturated/α-hetero) is 1. The van der Waals surface area contributed by atoms with Crippen molar-refractivity contribution < 1.29 is 18.3 Å². The van der Waals surface area contributed by atoms with E-state index in [9.17, 15) is 13.6 Å². The maximum atomic E-state index is 13.5. The van der Waals surface area contributed by atoms with Gasteiger partial charge < -0.3 is 10.1 Å². The molecule has 0 unspecified atom stereocenters. The Bertz CT molecular complexity index is 446. The van der Waals surface area contributed by atoms with Crippen LogP contribution in [0.15, 0.2) is 6.07 Å². The number of hydrogen-bond donors (Lipinski definition) is 1. The number of carbonyl (C=O) groups is 1. The van der Waals surface area contributed by atoms with E-state index in [0.717, 1.165) is 0 Å². The summed E-state index contributed by atoms with van der Waals surface area (Å²) in [6.07, 6.45) is 0.370. The molecule has 0 saturated heterocycles. The molecule has 1 aromatic rings. The number of hydrogen-bond acceptors (Lipinski definition) is 3. The van der Waals surface area contributed by atoms with E-state index < -0.39 is 11.6 Å². The highest BCUT2D eigenvalue weighted by atomic mass is 19.1. The Balaban J connectivity index is 2.53. The Labute approximate surface area is 91.4 Å². The topological polar surface area (TPSA) is 38.3 Å². The lowest BCUT2D eigenvalue weighted by Crippen LogP contribution is -2.21. The first-order chi connectivity index (χ1) is 7.65. The van der Waals surface area contributed by atoms with E-state index in [1.54, 1.807) is 7.05 Å². The molecule has 0 bridgehead atoms. The molecule has 0 amide bonds. The molecule has 0 aromatic heterocycles. The zero-order valence-electron chi connectivity index (χ0n) is 8.77. The lowest BCUT2D eigenvalue weighted by atomic mass is 10.0. The lowest BCUT2D eigenvalue weighted by molar-refractivity contribution is 0.0989. The normalized spacial score (nSPS) is 13.4. The van der Waals surface area contributed by atoms with Crippen molar-refractivity contribution in [1.82, 2.24) is 5.32 Å². The lowest BCUT2D eigenvalue weighted by Gasteiger charge is -2.08. The summed E-state index contributed by atoms with van der Waals surface area (Å²) in [6.45, 7) is 0.310. The summed E-state index contributed by atoms with van der Waals surface area (Å²) in [6, 6.07) is 0.701. The van der Waals surface area contributed by atoms with Crippen molar-refractivity contribution in [3.05, 3.63) is 28.8 Å². The molecule has 3 nitrogen and oxygen atoms in total. The third-order valence-corrected chi connectivity index (χ3v) is 2.50. The maximum Gasteiger partial charge on any atom is 0.179 e. The number of halogens is 2. The molecule has 5 heteroatoms. The first kappa shape index (κ1) is 11.0. The van der Waals surface area contributed by atoms with Gasteiger partial charge in [-0.1, -0.05) is 0 Å². The monoisotopic (exact) mass is 227 g/mol. The van der Waals surface area contributed by atoms with Gasteiger partial charge in [0, 0.05) is 18.1 Å². The van der Waals surface area contributed by atoms with Crippen molar-refractivity contribution >= 4 is 5.78 Å². The SMILES string of the molecule is CNCC(=O)c1c(F)cc(F)c2c1CCO2. The van der Waals surface area contributed by atoms with Crippen LogP contribution in [-0.4, -0.2) is 26.0 Å². The van der Waals surface area contributed by atoms with Gasteiger partial charge in [0.2, 0.25) is 0 Å². The molecular formula is C11H11F2NO2. The second kappa shape index (κ2) is 4.17. The summed E-state index contributed by atoms with van der Waals surface area (Å²) in [5.74, 6) is -1.93. The maximum absolute atomic E-state index is 13.5. The molecular weight excluding hydrogens is 216 g/mol. The van der Waals surface area contributed by atoms with Crippen molar-refractivity contribution in [2.75, 3.05) is 20.2 Å². The predicted molar refractivity (Wildman–Crippen MR) is 53.8 cm³/mol. The zero-order chi connectivity index (χ0) is 11.7. The van der Waals surface area contributed by atoms with Gasteiger partial charge in [-0.25, -0.2) is 8.78 Å². The van der Waals surface area contributed by atoms with Crippen LogP contribution < -0.4 is 10.1 Å². The highest BCUT2D eigenvalue weighted by molar-refractivity contribution is 6.00. The third kappa shape index (κ3) is 1.67. The number of benzene rings is 1. The molecule has 16 heavy (non-hydrogen) atoms. The Morgan fingerprint density at radius 2 is 2.25 bits per heavy atom. The van der Waals surface area contributed by atoms with Gasteiger partial charge >= 0.3 is 0 Å². The van der Waals surface area contributed by atoms with Gasteiger partial charge in [-0.2, -0.15) is 0 Å². The first-order valence-electron chi connectivity index (χ1n) is 4.96. The Hall–Kier alpha value is -1.49. The fraction of sp³-hybridized carbons (Fsp3) is 0.364. The fourth-order valence-electron chi connectivity index (χ4n) is 1.85. The van der Waals surface area contributed by atoms with Gasteiger partial charge in [0.15, 0.2) is 17.3 Å². The summed E-state index contributed by atoms with van der Waals surface area (Å²) < 4.78 is 31.9. The highest BCUT2D eigenvalue weighted by Gasteiger charge is 2.27. The van der Waals surface area contributed by atoms with E-state index >= 15 is 0 Å². The minimum absolute atomic E-state index is 0.0147. The van der Waals surface area contributed by atoms with Gasteiger partial charge in [0.1, 0.15) is 5.82 Å². The Morgan fingerprint density at radius 3 is 2.94 bits per heavy atom. The Kier molecular flexibility index (Phi) is 2.87. The standard InChI is InChI=1S/C11H11F2NO2/c1-14-5-9(15)10-6-2-3-16-11(6)8(13)4-7(10)12/h4,14H,2-3,5H2,1H3. The molecule has 1 aromatic carbocycles. The minimum Gasteiger partial charge on any atom is -0.490 e. The second-order valence-corrected chi connectivity index (χ2v) is 3.57. The highest BCUT2D eigenvalue weighted by Crippen LogP contribution is 2.33. The van der Waals surface area contributed by atoms with Crippen molar-refractivity contribution in [2.45, 2.75) is 6.42 Å². The van der Waals surface area contributed by atoms with Crippen molar-refractivity contribution in [3.63, 3.8) is 0 Å².